The Balaban J connectivity index is 0.00000368. The molecule has 4 saturated carbocycles. The Morgan fingerprint density at radius 2 is 1.67 bits per heavy atom. The molecule has 4 aliphatic carbocycles. The van der Waals surface area contributed by atoms with Crippen LogP contribution in [0.2, 0.25) is 5.02 Å². The molecule has 10 heteroatoms. The molecule has 4 bridgehead atoms. The lowest BCUT2D eigenvalue weighted by molar-refractivity contribution is -0.163. The summed E-state index contributed by atoms with van der Waals surface area (Å²) in [4.78, 5) is 37.8. The Hall–Kier alpha value is -3.20. The van der Waals surface area contributed by atoms with Gasteiger partial charge in [0.15, 0.2) is 0 Å². The fourth-order valence-corrected chi connectivity index (χ4v) is 7.85. The number of pyridine rings is 2. The zero-order chi connectivity index (χ0) is 29.4. The van der Waals surface area contributed by atoms with Crippen LogP contribution < -0.4 is 10.1 Å². The zero-order valence-corrected chi connectivity index (χ0v) is 26.0. The van der Waals surface area contributed by atoms with E-state index in [0.29, 0.717) is 34.9 Å². The third-order valence-corrected chi connectivity index (χ3v) is 9.74. The van der Waals surface area contributed by atoms with Gasteiger partial charge in [-0.25, -0.2) is 9.78 Å². The van der Waals surface area contributed by atoms with Gasteiger partial charge in [0.25, 0.3) is 5.91 Å². The van der Waals surface area contributed by atoms with E-state index in [0.717, 1.165) is 55.3 Å². The van der Waals surface area contributed by atoms with E-state index in [2.05, 4.69) is 15.2 Å². The molecule has 0 radical (unpaired) electrons. The van der Waals surface area contributed by atoms with Gasteiger partial charge in [-0.05, 0) is 118 Å². The number of ether oxygens (including phenoxy) is 1. The van der Waals surface area contributed by atoms with Crippen molar-refractivity contribution in [3.05, 3.63) is 65.6 Å². The topological polar surface area (TPSA) is 105 Å². The van der Waals surface area contributed by atoms with E-state index in [1.807, 2.05) is 44.4 Å². The second-order valence-electron chi connectivity index (χ2n) is 12.4. The Kier molecular flexibility index (Phi) is 9.30. The number of nitrogens with zero attached hydrogens (tertiary/aromatic N) is 3. The van der Waals surface area contributed by atoms with Crippen molar-refractivity contribution >= 4 is 35.9 Å². The van der Waals surface area contributed by atoms with E-state index >= 15 is 0 Å². The molecule has 1 aromatic carbocycles. The number of aromatic nitrogens is 2. The summed E-state index contributed by atoms with van der Waals surface area (Å²) in [7, 11) is 4.04. The van der Waals surface area contributed by atoms with Crippen molar-refractivity contribution in [2.75, 3.05) is 27.2 Å². The molecule has 8 nitrogen and oxygen atoms in total. The van der Waals surface area contributed by atoms with Gasteiger partial charge < -0.3 is 20.1 Å². The molecule has 228 valence electrons. The number of benzene rings is 1. The molecule has 0 spiro atoms. The first-order valence-corrected chi connectivity index (χ1v) is 15.2. The Bertz CT molecular complexity index is 1450. The normalized spacial score (nSPS) is 25.3. The Morgan fingerprint density at radius 3 is 2.30 bits per heavy atom. The van der Waals surface area contributed by atoms with E-state index in [-0.39, 0.29) is 29.9 Å². The van der Waals surface area contributed by atoms with Crippen LogP contribution >= 0.6 is 24.0 Å². The molecule has 3 aromatic rings. The number of nitrogens with one attached hydrogen (secondary N) is 1. The SMILES string of the molecule is CN(C)CCCOc1cc(-c2nc(C(=O)NC3(C(=O)O)C4CC5CC(C4)CC3C5)ccc2-c2ccncc2)ccc1Cl.Cl. The minimum absolute atomic E-state index is 0. The summed E-state index contributed by atoms with van der Waals surface area (Å²) in [6.07, 6.45) is 8.91. The Morgan fingerprint density at radius 1 is 1.00 bits per heavy atom. The highest BCUT2D eigenvalue weighted by Crippen LogP contribution is 2.58. The van der Waals surface area contributed by atoms with Crippen molar-refractivity contribution in [3.8, 4) is 28.1 Å². The summed E-state index contributed by atoms with van der Waals surface area (Å²) in [5, 5.41) is 14.0. The van der Waals surface area contributed by atoms with Gasteiger partial charge in [0, 0.05) is 30.1 Å². The fourth-order valence-electron chi connectivity index (χ4n) is 7.68. The van der Waals surface area contributed by atoms with Crippen molar-refractivity contribution in [1.82, 2.24) is 20.2 Å². The maximum Gasteiger partial charge on any atom is 0.330 e. The van der Waals surface area contributed by atoms with E-state index in [1.165, 1.54) is 6.42 Å². The minimum Gasteiger partial charge on any atom is -0.492 e. The van der Waals surface area contributed by atoms with Gasteiger partial charge in [-0.2, -0.15) is 0 Å². The standard InChI is InChI=1S/C33H37ClN4O4.ClH/c1-38(2)12-3-13-42-29-19-23(4-6-27(29)34)30-26(22-8-10-35-11-9-22)5-7-28(36-30)31(39)37-33(32(40)41)24-15-20-14-21(17-24)18-25(33)16-20;/h4-11,19-21,24-25H,3,12-18H2,1-2H3,(H,37,39)(H,40,41);1H. The number of hydrogen-bond acceptors (Lipinski definition) is 6. The van der Waals surface area contributed by atoms with Gasteiger partial charge in [-0.1, -0.05) is 17.7 Å². The number of carbonyl (C=O) groups excluding carboxylic acids is 1. The Labute approximate surface area is 263 Å². The zero-order valence-electron chi connectivity index (χ0n) is 24.5. The molecule has 4 aliphatic rings. The summed E-state index contributed by atoms with van der Waals surface area (Å²) in [6, 6.07) is 12.8. The average molecular weight is 626 g/mol. The molecule has 0 aliphatic heterocycles. The quantitative estimate of drug-likeness (QED) is 0.258. The summed E-state index contributed by atoms with van der Waals surface area (Å²) >= 11 is 6.49. The first-order valence-electron chi connectivity index (χ1n) is 14.8. The second-order valence-corrected chi connectivity index (χ2v) is 12.8. The smallest absolute Gasteiger partial charge is 0.330 e. The van der Waals surface area contributed by atoms with Crippen LogP contribution in [0.5, 0.6) is 5.75 Å². The highest BCUT2D eigenvalue weighted by Gasteiger charge is 2.62. The second kappa shape index (κ2) is 12.8. The summed E-state index contributed by atoms with van der Waals surface area (Å²) in [5.41, 5.74) is 1.97. The van der Waals surface area contributed by atoms with E-state index in [1.54, 1.807) is 24.5 Å². The first kappa shape index (κ1) is 31.2. The van der Waals surface area contributed by atoms with Crippen molar-refractivity contribution in [3.63, 3.8) is 0 Å². The number of amides is 1. The number of rotatable bonds is 10. The minimum atomic E-state index is -1.25. The van der Waals surface area contributed by atoms with Gasteiger partial charge in [0.1, 0.15) is 17.0 Å². The van der Waals surface area contributed by atoms with Crippen LogP contribution in [0, 0.1) is 23.7 Å². The molecule has 43 heavy (non-hydrogen) atoms. The number of carboxylic acids is 1. The molecule has 0 unspecified atom stereocenters. The molecular formula is C33H38Cl2N4O4. The van der Waals surface area contributed by atoms with Crippen molar-refractivity contribution in [2.24, 2.45) is 23.7 Å². The first-order chi connectivity index (χ1) is 20.2. The van der Waals surface area contributed by atoms with E-state index in [9.17, 15) is 14.7 Å². The van der Waals surface area contributed by atoms with Gasteiger partial charge in [-0.3, -0.25) is 9.78 Å². The van der Waals surface area contributed by atoms with Crippen LogP contribution in [-0.4, -0.2) is 64.6 Å². The third-order valence-electron chi connectivity index (χ3n) is 9.43. The lowest BCUT2D eigenvalue weighted by Gasteiger charge is -2.59. The van der Waals surface area contributed by atoms with Crippen LogP contribution in [0.4, 0.5) is 0 Å². The largest absolute Gasteiger partial charge is 0.492 e. The highest BCUT2D eigenvalue weighted by atomic mass is 35.5. The fraction of sp³-hybridized carbons (Fsp3) is 0.455. The van der Waals surface area contributed by atoms with E-state index in [4.69, 9.17) is 21.3 Å². The molecule has 4 fully saturated rings. The number of halogens is 2. The molecule has 0 saturated heterocycles. The van der Waals surface area contributed by atoms with Crippen molar-refractivity contribution in [1.29, 1.82) is 0 Å². The van der Waals surface area contributed by atoms with Gasteiger partial charge in [0.05, 0.1) is 17.3 Å². The molecule has 0 atom stereocenters. The molecular weight excluding hydrogens is 587 g/mol. The number of carboxylic acid groups (broad SMARTS) is 1. The van der Waals surface area contributed by atoms with Crippen LogP contribution in [-0.2, 0) is 4.79 Å². The van der Waals surface area contributed by atoms with Crippen LogP contribution in [0.3, 0.4) is 0 Å². The van der Waals surface area contributed by atoms with Gasteiger partial charge in [0.2, 0.25) is 0 Å². The van der Waals surface area contributed by atoms with Gasteiger partial charge >= 0.3 is 5.97 Å². The van der Waals surface area contributed by atoms with Crippen molar-refractivity contribution in [2.45, 2.75) is 44.1 Å². The third kappa shape index (κ3) is 6.10. The van der Waals surface area contributed by atoms with E-state index < -0.39 is 17.4 Å². The molecule has 2 heterocycles. The predicted octanol–water partition coefficient (Wildman–Crippen LogP) is 6.23. The maximum absolute atomic E-state index is 13.8. The number of hydrogen-bond donors (Lipinski definition) is 2. The van der Waals surface area contributed by atoms with Crippen molar-refractivity contribution < 1.29 is 19.4 Å². The number of carbonyl (C=O) groups is 2. The monoisotopic (exact) mass is 624 g/mol. The van der Waals surface area contributed by atoms with Crippen LogP contribution in [0.25, 0.3) is 22.4 Å². The number of aliphatic carboxylic acids is 1. The average Bonchev–Trinajstić information content (AvgIpc) is 2.97. The summed E-state index contributed by atoms with van der Waals surface area (Å²) in [6.45, 7) is 1.40. The summed E-state index contributed by atoms with van der Waals surface area (Å²) in [5.74, 6) is 0.219. The summed E-state index contributed by atoms with van der Waals surface area (Å²) < 4.78 is 6.03. The lowest BCUT2D eigenvalue weighted by atomic mass is 9.48. The molecule has 1 amide bonds. The van der Waals surface area contributed by atoms with Crippen LogP contribution in [0.1, 0.15) is 49.0 Å². The van der Waals surface area contributed by atoms with Crippen LogP contribution in [0.15, 0.2) is 54.9 Å². The highest BCUT2D eigenvalue weighted by molar-refractivity contribution is 6.32. The van der Waals surface area contributed by atoms with Gasteiger partial charge in [-0.15, -0.1) is 12.4 Å². The maximum atomic E-state index is 13.8. The molecule has 7 rings (SSSR count). The molecule has 2 N–H and O–H groups in total. The predicted molar refractivity (Wildman–Crippen MR) is 169 cm³/mol. The lowest BCUT2D eigenvalue weighted by Crippen LogP contribution is -2.70. The molecule has 2 aromatic heterocycles.